The van der Waals surface area contributed by atoms with Crippen LogP contribution in [0.2, 0.25) is 5.02 Å². The van der Waals surface area contributed by atoms with E-state index in [2.05, 4.69) is 0 Å². The summed E-state index contributed by atoms with van der Waals surface area (Å²) in [5.74, 6) is 0.199. The third-order valence-corrected chi connectivity index (χ3v) is 2.54. The number of amides is 1. The summed E-state index contributed by atoms with van der Waals surface area (Å²) in [6.07, 6.45) is 0. The van der Waals surface area contributed by atoms with Crippen LogP contribution in [0.15, 0.2) is 34.7 Å². The van der Waals surface area contributed by atoms with E-state index in [1.54, 1.807) is 18.2 Å². The van der Waals surface area contributed by atoms with Crippen LogP contribution in [0.3, 0.4) is 0 Å². The van der Waals surface area contributed by atoms with Gasteiger partial charge in [0.1, 0.15) is 5.76 Å². The summed E-state index contributed by atoms with van der Waals surface area (Å²) in [5.41, 5.74) is 7.00. The molecule has 1 amide bonds. The van der Waals surface area contributed by atoms with Gasteiger partial charge in [0.15, 0.2) is 5.76 Å². The van der Waals surface area contributed by atoms with Crippen molar-refractivity contribution in [2.24, 2.45) is 5.73 Å². The third kappa shape index (κ3) is 1.95. The van der Waals surface area contributed by atoms with E-state index in [9.17, 15) is 4.79 Å². The van der Waals surface area contributed by atoms with Gasteiger partial charge < -0.3 is 10.2 Å². The number of carbonyl (C=O) groups excluding carboxylic acids is 1. The third-order valence-electron chi connectivity index (χ3n) is 2.30. The predicted molar refractivity (Wildman–Crippen MR) is 62.4 cm³/mol. The molecule has 0 bridgehead atoms. The van der Waals surface area contributed by atoms with Gasteiger partial charge in [0, 0.05) is 10.6 Å². The summed E-state index contributed by atoms with van der Waals surface area (Å²) >= 11 is 5.86. The average Bonchev–Trinajstić information content (AvgIpc) is 2.66. The monoisotopic (exact) mass is 235 g/mol. The second kappa shape index (κ2) is 4.02. The Morgan fingerprint density at radius 2 is 2.06 bits per heavy atom. The van der Waals surface area contributed by atoms with Crippen LogP contribution in [0.1, 0.15) is 16.1 Å². The van der Waals surface area contributed by atoms with Crippen LogP contribution in [0.5, 0.6) is 0 Å². The molecule has 2 rings (SSSR count). The molecule has 3 nitrogen and oxygen atoms in total. The van der Waals surface area contributed by atoms with Gasteiger partial charge in [-0.15, -0.1) is 0 Å². The number of benzene rings is 1. The molecule has 16 heavy (non-hydrogen) atoms. The van der Waals surface area contributed by atoms with Crippen molar-refractivity contribution in [1.82, 2.24) is 0 Å². The van der Waals surface area contributed by atoms with Crippen molar-refractivity contribution in [3.05, 3.63) is 46.7 Å². The molecular weight excluding hydrogens is 226 g/mol. The van der Waals surface area contributed by atoms with Crippen LogP contribution in [0.4, 0.5) is 0 Å². The SMILES string of the molecule is Cc1cc(Cl)ccc1-c1ccc(C(N)=O)o1. The Balaban J connectivity index is 2.46. The largest absolute Gasteiger partial charge is 0.451 e. The summed E-state index contributed by atoms with van der Waals surface area (Å²) in [7, 11) is 0. The zero-order valence-electron chi connectivity index (χ0n) is 8.66. The maximum Gasteiger partial charge on any atom is 0.284 e. The first-order valence-corrected chi connectivity index (χ1v) is 5.12. The van der Waals surface area contributed by atoms with E-state index in [-0.39, 0.29) is 5.76 Å². The second-order valence-electron chi connectivity index (χ2n) is 3.49. The first-order chi connectivity index (χ1) is 7.58. The topological polar surface area (TPSA) is 56.2 Å². The smallest absolute Gasteiger partial charge is 0.284 e. The highest BCUT2D eigenvalue weighted by Crippen LogP contribution is 2.27. The van der Waals surface area contributed by atoms with Crippen LogP contribution in [0.25, 0.3) is 11.3 Å². The molecule has 1 heterocycles. The number of hydrogen-bond donors (Lipinski definition) is 1. The van der Waals surface area contributed by atoms with Gasteiger partial charge in [0.2, 0.25) is 0 Å². The van der Waals surface area contributed by atoms with Gasteiger partial charge in [-0.1, -0.05) is 11.6 Å². The zero-order valence-corrected chi connectivity index (χ0v) is 9.41. The number of hydrogen-bond acceptors (Lipinski definition) is 2. The van der Waals surface area contributed by atoms with Crippen molar-refractivity contribution in [3.63, 3.8) is 0 Å². The van der Waals surface area contributed by atoms with E-state index >= 15 is 0 Å². The molecule has 1 aromatic carbocycles. The summed E-state index contributed by atoms with van der Waals surface area (Å²) in [5, 5.41) is 0.669. The van der Waals surface area contributed by atoms with Crippen LogP contribution >= 0.6 is 11.6 Å². The van der Waals surface area contributed by atoms with Crippen molar-refractivity contribution in [2.45, 2.75) is 6.92 Å². The molecule has 2 aromatic rings. The molecule has 0 saturated heterocycles. The van der Waals surface area contributed by atoms with Gasteiger partial charge in [-0.05, 0) is 42.8 Å². The number of rotatable bonds is 2. The molecule has 82 valence electrons. The van der Waals surface area contributed by atoms with Crippen LogP contribution < -0.4 is 5.73 Å². The number of halogens is 1. The first kappa shape index (κ1) is 10.8. The molecular formula is C12H10ClNO2. The molecule has 2 N–H and O–H groups in total. The molecule has 1 aromatic heterocycles. The van der Waals surface area contributed by atoms with Gasteiger partial charge in [0.25, 0.3) is 5.91 Å². The molecule has 0 aliphatic heterocycles. The Morgan fingerprint density at radius 3 is 2.62 bits per heavy atom. The number of furan rings is 1. The fourth-order valence-corrected chi connectivity index (χ4v) is 1.75. The lowest BCUT2D eigenvalue weighted by Gasteiger charge is -2.02. The summed E-state index contributed by atoms with van der Waals surface area (Å²) in [6, 6.07) is 8.74. The van der Waals surface area contributed by atoms with E-state index in [1.807, 2.05) is 19.1 Å². The molecule has 4 heteroatoms. The zero-order chi connectivity index (χ0) is 11.7. The minimum absolute atomic E-state index is 0.157. The Morgan fingerprint density at radius 1 is 1.31 bits per heavy atom. The highest BCUT2D eigenvalue weighted by molar-refractivity contribution is 6.30. The second-order valence-corrected chi connectivity index (χ2v) is 3.92. The summed E-state index contributed by atoms with van der Waals surface area (Å²) < 4.78 is 5.33. The van der Waals surface area contributed by atoms with E-state index in [4.69, 9.17) is 21.8 Å². The molecule has 0 radical (unpaired) electrons. The van der Waals surface area contributed by atoms with E-state index < -0.39 is 5.91 Å². The van der Waals surface area contributed by atoms with Crippen LogP contribution in [-0.2, 0) is 0 Å². The first-order valence-electron chi connectivity index (χ1n) is 4.74. The fraction of sp³-hybridized carbons (Fsp3) is 0.0833. The molecule has 0 aliphatic carbocycles. The van der Waals surface area contributed by atoms with Gasteiger partial charge in [-0.3, -0.25) is 4.79 Å². The minimum Gasteiger partial charge on any atom is -0.451 e. The summed E-state index contributed by atoms with van der Waals surface area (Å²) in [6.45, 7) is 1.92. The Kier molecular flexibility index (Phi) is 2.71. The lowest BCUT2D eigenvalue weighted by molar-refractivity contribution is 0.0974. The molecule has 0 spiro atoms. The van der Waals surface area contributed by atoms with Gasteiger partial charge in [0.05, 0.1) is 0 Å². The molecule has 0 unspecified atom stereocenters. The molecule has 0 atom stereocenters. The lowest BCUT2D eigenvalue weighted by Crippen LogP contribution is -2.09. The Hall–Kier alpha value is -1.74. The standard InChI is InChI=1S/C12H10ClNO2/c1-7-6-8(13)2-3-9(7)10-4-5-11(16-10)12(14)15/h2-6H,1H3,(H2,14,15). The van der Waals surface area contributed by atoms with E-state index in [1.165, 1.54) is 0 Å². The Labute approximate surface area is 97.8 Å². The van der Waals surface area contributed by atoms with Crippen molar-refractivity contribution in [2.75, 3.05) is 0 Å². The van der Waals surface area contributed by atoms with Crippen molar-refractivity contribution in [1.29, 1.82) is 0 Å². The maximum atomic E-state index is 10.9. The van der Waals surface area contributed by atoms with Crippen molar-refractivity contribution >= 4 is 17.5 Å². The average molecular weight is 236 g/mol. The van der Waals surface area contributed by atoms with Gasteiger partial charge in [-0.2, -0.15) is 0 Å². The minimum atomic E-state index is -0.571. The van der Waals surface area contributed by atoms with Crippen molar-refractivity contribution < 1.29 is 9.21 Å². The molecule has 0 saturated carbocycles. The summed E-state index contributed by atoms with van der Waals surface area (Å²) in [4.78, 5) is 10.9. The lowest BCUT2D eigenvalue weighted by atomic mass is 10.1. The maximum absolute atomic E-state index is 10.9. The number of aryl methyl sites for hydroxylation is 1. The predicted octanol–water partition coefficient (Wildman–Crippen LogP) is 3.01. The number of carbonyl (C=O) groups is 1. The van der Waals surface area contributed by atoms with Gasteiger partial charge in [-0.25, -0.2) is 0 Å². The Bertz CT molecular complexity index is 546. The highest BCUT2D eigenvalue weighted by atomic mass is 35.5. The van der Waals surface area contributed by atoms with Crippen molar-refractivity contribution in [3.8, 4) is 11.3 Å². The number of nitrogens with two attached hydrogens (primary N) is 1. The highest BCUT2D eigenvalue weighted by Gasteiger charge is 2.10. The van der Waals surface area contributed by atoms with Crippen LogP contribution in [-0.4, -0.2) is 5.91 Å². The fourth-order valence-electron chi connectivity index (χ4n) is 1.52. The molecule has 0 fully saturated rings. The van der Waals surface area contributed by atoms with E-state index in [0.29, 0.717) is 10.8 Å². The normalized spacial score (nSPS) is 10.4. The quantitative estimate of drug-likeness (QED) is 0.870. The van der Waals surface area contributed by atoms with Gasteiger partial charge >= 0.3 is 0 Å². The number of primary amides is 1. The molecule has 0 aliphatic rings. The van der Waals surface area contributed by atoms with Crippen LogP contribution in [0, 0.1) is 6.92 Å². The van der Waals surface area contributed by atoms with E-state index in [0.717, 1.165) is 11.1 Å².